The third-order valence-electron chi connectivity index (χ3n) is 3.46. The molecular weight excluding hydrogens is 331 g/mol. The third-order valence-corrected chi connectivity index (χ3v) is 3.69. The highest BCUT2D eigenvalue weighted by Crippen LogP contribution is 2.21. The maximum Gasteiger partial charge on any atom is 0.238 e. The SMILES string of the molecule is CN(CC(=O)Nc1ccc(Cl)cc1F)Cc1cc(C(C)(C)C)n[nH]1. The van der Waals surface area contributed by atoms with Gasteiger partial charge in [-0.1, -0.05) is 32.4 Å². The lowest BCUT2D eigenvalue weighted by Crippen LogP contribution is -2.30. The molecule has 1 aromatic carbocycles. The van der Waals surface area contributed by atoms with Gasteiger partial charge in [-0.25, -0.2) is 4.39 Å². The van der Waals surface area contributed by atoms with E-state index in [1.165, 1.54) is 18.2 Å². The molecule has 0 bridgehead atoms. The minimum absolute atomic E-state index is 0.0309. The van der Waals surface area contributed by atoms with Gasteiger partial charge in [-0.15, -0.1) is 0 Å². The molecule has 1 heterocycles. The van der Waals surface area contributed by atoms with Gasteiger partial charge in [0.1, 0.15) is 5.82 Å². The molecule has 2 aromatic rings. The van der Waals surface area contributed by atoms with E-state index in [-0.39, 0.29) is 28.6 Å². The van der Waals surface area contributed by atoms with E-state index in [9.17, 15) is 9.18 Å². The van der Waals surface area contributed by atoms with E-state index in [1.54, 1.807) is 0 Å². The van der Waals surface area contributed by atoms with Gasteiger partial charge in [-0.2, -0.15) is 5.10 Å². The summed E-state index contributed by atoms with van der Waals surface area (Å²) in [4.78, 5) is 13.9. The first-order valence-corrected chi connectivity index (χ1v) is 8.01. The van der Waals surface area contributed by atoms with Gasteiger partial charge in [0.15, 0.2) is 0 Å². The predicted octanol–water partition coefficient (Wildman–Crippen LogP) is 3.57. The maximum atomic E-state index is 13.7. The van der Waals surface area contributed by atoms with Crippen LogP contribution >= 0.6 is 11.6 Å². The largest absolute Gasteiger partial charge is 0.322 e. The number of rotatable bonds is 5. The van der Waals surface area contributed by atoms with Crippen molar-refractivity contribution in [3.05, 3.63) is 46.5 Å². The number of benzene rings is 1. The predicted molar refractivity (Wildman–Crippen MR) is 93.7 cm³/mol. The van der Waals surface area contributed by atoms with Crippen molar-refractivity contribution in [2.24, 2.45) is 0 Å². The average molecular weight is 353 g/mol. The topological polar surface area (TPSA) is 61.0 Å². The quantitative estimate of drug-likeness (QED) is 0.864. The fourth-order valence-corrected chi connectivity index (χ4v) is 2.36. The Morgan fingerprint density at radius 1 is 1.38 bits per heavy atom. The molecular formula is C17H22ClFN4O. The van der Waals surface area contributed by atoms with Crippen molar-refractivity contribution in [2.45, 2.75) is 32.7 Å². The number of nitrogens with one attached hydrogen (secondary N) is 2. The molecule has 2 N–H and O–H groups in total. The van der Waals surface area contributed by atoms with Crippen LogP contribution in [-0.4, -0.2) is 34.6 Å². The zero-order chi connectivity index (χ0) is 17.9. The number of amides is 1. The summed E-state index contributed by atoms with van der Waals surface area (Å²) >= 11 is 5.69. The summed E-state index contributed by atoms with van der Waals surface area (Å²) in [5.41, 5.74) is 1.98. The molecule has 130 valence electrons. The highest BCUT2D eigenvalue weighted by Gasteiger charge is 2.18. The van der Waals surface area contributed by atoms with Crippen LogP contribution in [-0.2, 0) is 16.8 Å². The molecule has 0 saturated carbocycles. The summed E-state index contributed by atoms with van der Waals surface area (Å²) in [7, 11) is 1.81. The molecule has 24 heavy (non-hydrogen) atoms. The van der Waals surface area contributed by atoms with Gasteiger partial charge in [0.2, 0.25) is 5.91 Å². The minimum atomic E-state index is -0.554. The monoisotopic (exact) mass is 352 g/mol. The molecule has 5 nitrogen and oxygen atoms in total. The molecule has 0 radical (unpaired) electrons. The number of aromatic nitrogens is 2. The van der Waals surface area contributed by atoms with Crippen molar-refractivity contribution in [3.8, 4) is 0 Å². The Bertz CT molecular complexity index is 724. The van der Waals surface area contributed by atoms with E-state index >= 15 is 0 Å². The molecule has 0 aliphatic rings. The molecule has 1 amide bonds. The lowest BCUT2D eigenvalue weighted by atomic mass is 9.92. The van der Waals surface area contributed by atoms with Crippen molar-refractivity contribution in [1.82, 2.24) is 15.1 Å². The molecule has 0 atom stereocenters. The van der Waals surface area contributed by atoms with Crippen LogP contribution in [0, 0.1) is 5.82 Å². The van der Waals surface area contributed by atoms with Gasteiger partial charge < -0.3 is 5.32 Å². The Kier molecular flexibility index (Phi) is 5.62. The molecule has 0 aliphatic heterocycles. The molecule has 0 fully saturated rings. The second kappa shape index (κ2) is 7.32. The van der Waals surface area contributed by atoms with E-state index < -0.39 is 5.82 Å². The van der Waals surface area contributed by atoms with Crippen molar-refractivity contribution >= 4 is 23.2 Å². The van der Waals surface area contributed by atoms with Gasteiger partial charge in [-0.05, 0) is 31.3 Å². The van der Waals surface area contributed by atoms with Crippen LogP contribution in [0.3, 0.4) is 0 Å². The Labute approximate surface area is 146 Å². The highest BCUT2D eigenvalue weighted by atomic mass is 35.5. The number of hydrogen-bond acceptors (Lipinski definition) is 3. The van der Waals surface area contributed by atoms with E-state index in [4.69, 9.17) is 11.6 Å². The second-order valence-electron chi connectivity index (χ2n) is 6.87. The number of anilines is 1. The summed E-state index contributed by atoms with van der Waals surface area (Å²) in [6.45, 7) is 6.94. The van der Waals surface area contributed by atoms with Crippen LogP contribution in [0.4, 0.5) is 10.1 Å². The Hall–Kier alpha value is -1.92. The molecule has 0 saturated heterocycles. The van der Waals surface area contributed by atoms with Crippen molar-refractivity contribution in [2.75, 3.05) is 18.9 Å². The summed E-state index contributed by atoms with van der Waals surface area (Å²) < 4.78 is 13.7. The first-order valence-electron chi connectivity index (χ1n) is 7.63. The van der Waals surface area contributed by atoms with Crippen molar-refractivity contribution < 1.29 is 9.18 Å². The van der Waals surface area contributed by atoms with E-state index in [0.29, 0.717) is 6.54 Å². The summed E-state index contributed by atoms with van der Waals surface area (Å²) in [5, 5.41) is 10.1. The first-order chi connectivity index (χ1) is 11.1. The third kappa shape index (κ3) is 5.04. The zero-order valence-electron chi connectivity index (χ0n) is 14.3. The smallest absolute Gasteiger partial charge is 0.238 e. The molecule has 0 aliphatic carbocycles. The number of nitrogens with zero attached hydrogens (tertiary/aromatic N) is 2. The van der Waals surface area contributed by atoms with Gasteiger partial charge in [0.25, 0.3) is 0 Å². The number of H-pyrrole nitrogens is 1. The van der Waals surface area contributed by atoms with E-state index in [1.807, 2.05) is 18.0 Å². The van der Waals surface area contributed by atoms with Gasteiger partial charge in [0.05, 0.1) is 17.9 Å². The van der Waals surface area contributed by atoms with Gasteiger partial charge in [0, 0.05) is 22.7 Å². The fourth-order valence-electron chi connectivity index (χ4n) is 2.20. The van der Waals surface area contributed by atoms with E-state index in [2.05, 4.69) is 36.3 Å². The number of carbonyl (C=O) groups is 1. The highest BCUT2D eigenvalue weighted by molar-refractivity contribution is 6.30. The Balaban J connectivity index is 1.90. The zero-order valence-corrected chi connectivity index (χ0v) is 15.0. The second-order valence-corrected chi connectivity index (χ2v) is 7.31. The molecule has 0 spiro atoms. The van der Waals surface area contributed by atoms with Crippen LogP contribution in [0.15, 0.2) is 24.3 Å². The Morgan fingerprint density at radius 3 is 2.67 bits per heavy atom. The van der Waals surface area contributed by atoms with E-state index in [0.717, 1.165) is 11.4 Å². The van der Waals surface area contributed by atoms with Crippen LogP contribution in [0.25, 0.3) is 0 Å². The molecule has 7 heteroatoms. The lowest BCUT2D eigenvalue weighted by Gasteiger charge is -2.16. The standard InChI is InChI=1S/C17H22ClFN4O/c1-17(2,3)15-8-12(21-22-15)9-23(4)10-16(24)20-14-6-5-11(18)7-13(14)19/h5-8H,9-10H2,1-4H3,(H,20,24)(H,21,22). The van der Waals surface area contributed by atoms with Crippen LogP contribution in [0.5, 0.6) is 0 Å². The number of hydrogen-bond donors (Lipinski definition) is 2. The number of likely N-dealkylation sites (N-methyl/N-ethyl adjacent to an activating group) is 1. The van der Waals surface area contributed by atoms with Crippen LogP contribution < -0.4 is 5.32 Å². The van der Waals surface area contributed by atoms with Crippen molar-refractivity contribution in [3.63, 3.8) is 0 Å². The normalized spacial score (nSPS) is 11.8. The average Bonchev–Trinajstić information content (AvgIpc) is 2.90. The van der Waals surface area contributed by atoms with Crippen molar-refractivity contribution in [1.29, 1.82) is 0 Å². The van der Waals surface area contributed by atoms with Crippen LogP contribution in [0.2, 0.25) is 5.02 Å². The van der Waals surface area contributed by atoms with Crippen LogP contribution in [0.1, 0.15) is 32.2 Å². The van der Waals surface area contributed by atoms with Gasteiger partial charge in [-0.3, -0.25) is 14.8 Å². The maximum absolute atomic E-state index is 13.7. The number of carbonyl (C=O) groups excluding carboxylic acids is 1. The molecule has 0 unspecified atom stereocenters. The number of aromatic amines is 1. The molecule has 1 aromatic heterocycles. The fraction of sp³-hybridized carbons (Fsp3) is 0.412. The van der Waals surface area contributed by atoms with Gasteiger partial charge >= 0.3 is 0 Å². The summed E-state index contributed by atoms with van der Waals surface area (Å²) in [6.07, 6.45) is 0. The summed E-state index contributed by atoms with van der Waals surface area (Å²) in [5.74, 6) is -0.851. The minimum Gasteiger partial charge on any atom is -0.322 e. The Morgan fingerprint density at radius 2 is 2.08 bits per heavy atom. The first kappa shape index (κ1) is 18.4. The summed E-state index contributed by atoms with van der Waals surface area (Å²) in [6, 6.07) is 6.13. The number of halogens is 2. The molecule has 2 rings (SSSR count). The lowest BCUT2D eigenvalue weighted by molar-refractivity contribution is -0.117.